The first-order valence-corrected chi connectivity index (χ1v) is 7.99. The second-order valence-electron chi connectivity index (χ2n) is 5.52. The van der Waals surface area contributed by atoms with Crippen molar-refractivity contribution in [1.82, 2.24) is 19.8 Å². The van der Waals surface area contributed by atoms with E-state index in [1.165, 1.54) is 0 Å². The number of aromatic nitrogens is 2. The number of hydrogen-bond acceptors (Lipinski definition) is 5. The summed E-state index contributed by atoms with van der Waals surface area (Å²) in [4.78, 5) is 1.93. The molecule has 1 unspecified atom stereocenters. The van der Waals surface area contributed by atoms with Crippen LogP contribution in [0.4, 0.5) is 0 Å². The Bertz CT molecular complexity index is 537. The molecule has 0 saturated heterocycles. The minimum absolute atomic E-state index is 0.123. The van der Waals surface area contributed by atoms with Crippen molar-refractivity contribution in [3.8, 4) is 0 Å². The Morgan fingerprint density at radius 1 is 1.40 bits per heavy atom. The molecule has 1 heterocycles. The Hall–Kier alpha value is -0.960. The fourth-order valence-electron chi connectivity index (χ4n) is 1.87. The molecule has 0 bridgehead atoms. The van der Waals surface area contributed by atoms with E-state index in [9.17, 15) is 13.5 Å². The van der Waals surface area contributed by atoms with Crippen molar-refractivity contribution in [3.05, 3.63) is 11.3 Å². The molecule has 0 aliphatic carbocycles. The highest BCUT2D eigenvalue weighted by molar-refractivity contribution is 7.89. The SMILES string of the molecule is Cc1[nH]nc(S(=O)(=O)NC(CN(C)C)C(C)C)c1CO. The Morgan fingerprint density at radius 2 is 2.00 bits per heavy atom. The van der Waals surface area contributed by atoms with Gasteiger partial charge in [-0.05, 0) is 26.9 Å². The van der Waals surface area contributed by atoms with Crippen molar-refractivity contribution in [2.45, 2.75) is 38.4 Å². The largest absolute Gasteiger partial charge is 0.392 e. The van der Waals surface area contributed by atoms with Crippen LogP contribution in [0, 0.1) is 12.8 Å². The van der Waals surface area contributed by atoms with Gasteiger partial charge in [0.15, 0.2) is 5.03 Å². The summed E-state index contributed by atoms with van der Waals surface area (Å²) in [5.41, 5.74) is 0.867. The van der Waals surface area contributed by atoms with Gasteiger partial charge in [-0.25, -0.2) is 13.1 Å². The molecule has 116 valence electrons. The number of sulfonamides is 1. The standard InChI is InChI=1S/C12H24N4O3S/c1-8(2)11(6-16(4)5)15-20(18,19)12-10(7-17)9(3)13-14-12/h8,11,15,17H,6-7H2,1-5H3,(H,13,14). The van der Waals surface area contributed by atoms with E-state index < -0.39 is 10.0 Å². The van der Waals surface area contributed by atoms with Crippen molar-refractivity contribution in [2.24, 2.45) is 5.92 Å². The lowest BCUT2D eigenvalue weighted by atomic mass is 10.1. The molecule has 0 saturated carbocycles. The zero-order chi connectivity index (χ0) is 15.5. The summed E-state index contributed by atoms with van der Waals surface area (Å²) in [5, 5.41) is 15.6. The van der Waals surface area contributed by atoms with E-state index >= 15 is 0 Å². The zero-order valence-corrected chi connectivity index (χ0v) is 13.5. The highest BCUT2D eigenvalue weighted by atomic mass is 32.2. The highest BCUT2D eigenvalue weighted by Crippen LogP contribution is 2.17. The third-order valence-electron chi connectivity index (χ3n) is 3.12. The smallest absolute Gasteiger partial charge is 0.260 e. The topological polar surface area (TPSA) is 98.3 Å². The molecule has 1 aromatic rings. The van der Waals surface area contributed by atoms with E-state index in [4.69, 9.17) is 0 Å². The van der Waals surface area contributed by atoms with Crippen molar-refractivity contribution in [1.29, 1.82) is 0 Å². The lowest BCUT2D eigenvalue weighted by Crippen LogP contribution is -2.45. The summed E-state index contributed by atoms with van der Waals surface area (Å²) in [5.74, 6) is 0.143. The number of H-pyrrole nitrogens is 1. The summed E-state index contributed by atoms with van der Waals surface area (Å²) in [7, 11) is 0.0297. The molecular weight excluding hydrogens is 280 g/mol. The maximum atomic E-state index is 12.4. The summed E-state index contributed by atoms with van der Waals surface area (Å²) >= 11 is 0. The fraction of sp³-hybridized carbons (Fsp3) is 0.750. The summed E-state index contributed by atoms with van der Waals surface area (Å²) in [6.07, 6.45) is 0. The van der Waals surface area contributed by atoms with Crippen LogP contribution >= 0.6 is 0 Å². The molecule has 7 nitrogen and oxygen atoms in total. The van der Waals surface area contributed by atoms with Gasteiger partial charge >= 0.3 is 0 Å². The molecule has 0 aliphatic heterocycles. The zero-order valence-electron chi connectivity index (χ0n) is 12.6. The quantitative estimate of drug-likeness (QED) is 0.662. The molecular formula is C12H24N4O3S. The van der Waals surface area contributed by atoms with E-state index in [0.717, 1.165) is 0 Å². The third-order valence-corrected chi connectivity index (χ3v) is 4.58. The van der Waals surface area contributed by atoms with E-state index in [1.807, 2.05) is 32.8 Å². The molecule has 8 heteroatoms. The van der Waals surface area contributed by atoms with Crippen molar-refractivity contribution in [2.75, 3.05) is 20.6 Å². The van der Waals surface area contributed by atoms with Crippen LogP contribution in [-0.4, -0.2) is 55.3 Å². The second-order valence-corrected chi connectivity index (χ2v) is 7.15. The lowest BCUT2D eigenvalue weighted by molar-refractivity contribution is 0.277. The van der Waals surface area contributed by atoms with Crippen molar-refractivity contribution >= 4 is 10.0 Å². The van der Waals surface area contributed by atoms with Crippen LogP contribution in [0.25, 0.3) is 0 Å². The number of likely N-dealkylation sites (N-methyl/N-ethyl adjacent to an activating group) is 1. The highest BCUT2D eigenvalue weighted by Gasteiger charge is 2.28. The second kappa shape index (κ2) is 6.66. The van der Waals surface area contributed by atoms with Gasteiger partial charge in [0.1, 0.15) is 0 Å². The predicted molar refractivity (Wildman–Crippen MR) is 76.7 cm³/mol. The molecule has 0 radical (unpaired) electrons. The minimum Gasteiger partial charge on any atom is -0.392 e. The van der Waals surface area contributed by atoms with Crippen LogP contribution < -0.4 is 4.72 Å². The van der Waals surface area contributed by atoms with Crippen molar-refractivity contribution in [3.63, 3.8) is 0 Å². The first kappa shape index (κ1) is 17.1. The van der Waals surface area contributed by atoms with Crippen LogP contribution in [0.15, 0.2) is 5.03 Å². The van der Waals surface area contributed by atoms with E-state index in [-0.39, 0.29) is 23.6 Å². The van der Waals surface area contributed by atoms with Gasteiger partial charge < -0.3 is 10.0 Å². The van der Waals surface area contributed by atoms with Gasteiger partial charge in [0.25, 0.3) is 10.0 Å². The average molecular weight is 304 g/mol. The Labute approximate surface area is 120 Å². The Morgan fingerprint density at radius 3 is 2.45 bits per heavy atom. The molecule has 1 rings (SSSR count). The summed E-state index contributed by atoms with van der Waals surface area (Å²) in [6.45, 7) is 5.82. The molecule has 0 aromatic carbocycles. The van der Waals surface area contributed by atoms with Gasteiger partial charge in [0.2, 0.25) is 0 Å². The average Bonchev–Trinajstić information content (AvgIpc) is 2.69. The van der Waals surface area contributed by atoms with Crippen LogP contribution in [0.1, 0.15) is 25.1 Å². The number of nitrogens with one attached hydrogen (secondary N) is 2. The number of aliphatic hydroxyl groups excluding tert-OH is 1. The summed E-state index contributed by atoms with van der Waals surface area (Å²) in [6, 6.07) is -0.224. The number of aromatic amines is 1. The molecule has 1 aromatic heterocycles. The third kappa shape index (κ3) is 4.02. The monoisotopic (exact) mass is 304 g/mol. The molecule has 0 amide bonds. The van der Waals surface area contributed by atoms with Gasteiger partial charge in [-0.2, -0.15) is 5.10 Å². The lowest BCUT2D eigenvalue weighted by Gasteiger charge is -2.25. The number of aliphatic hydroxyl groups is 1. The van der Waals surface area contributed by atoms with E-state index in [1.54, 1.807) is 6.92 Å². The fourth-order valence-corrected chi connectivity index (χ4v) is 3.44. The molecule has 3 N–H and O–H groups in total. The number of aryl methyl sites for hydroxylation is 1. The van der Waals surface area contributed by atoms with E-state index in [0.29, 0.717) is 17.8 Å². The van der Waals surface area contributed by atoms with Gasteiger partial charge in [-0.3, -0.25) is 5.10 Å². The van der Waals surface area contributed by atoms with Crippen LogP contribution in [0.5, 0.6) is 0 Å². The maximum absolute atomic E-state index is 12.4. The Kier molecular flexibility index (Phi) is 5.69. The van der Waals surface area contributed by atoms with Crippen molar-refractivity contribution < 1.29 is 13.5 Å². The first-order valence-electron chi connectivity index (χ1n) is 6.50. The van der Waals surface area contributed by atoms with Gasteiger partial charge in [-0.1, -0.05) is 13.8 Å². The first-order chi connectivity index (χ1) is 9.19. The van der Waals surface area contributed by atoms with Gasteiger partial charge in [0.05, 0.1) is 6.61 Å². The molecule has 1 atom stereocenters. The molecule has 0 fully saturated rings. The van der Waals surface area contributed by atoms with Crippen LogP contribution in [0.2, 0.25) is 0 Å². The number of nitrogens with zero attached hydrogens (tertiary/aromatic N) is 2. The minimum atomic E-state index is -3.75. The van der Waals surface area contributed by atoms with Crippen LogP contribution in [0.3, 0.4) is 0 Å². The number of hydrogen-bond donors (Lipinski definition) is 3. The normalized spacial score (nSPS) is 14.2. The number of rotatable bonds is 7. The Balaban J connectivity index is 3.03. The molecule has 0 aliphatic rings. The van der Waals surface area contributed by atoms with Gasteiger partial charge in [-0.15, -0.1) is 0 Å². The van der Waals surface area contributed by atoms with Gasteiger partial charge in [0, 0.05) is 23.8 Å². The maximum Gasteiger partial charge on any atom is 0.260 e. The predicted octanol–water partition coefficient (Wildman–Crippen LogP) is 0.0749. The van der Waals surface area contributed by atoms with Crippen LogP contribution in [-0.2, 0) is 16.6 Å². The molecule has 0 spiro atoms. The molecule has 20 heavy (non-hydrogen) atoms. The summed E-state index contributed by atoms with van der Waals surface area (Å²) < 4.78 is 27.5. The van der Waals surface area contributed by atoms with E-state index in [2.05, 4.69) is 14.9 Å².